The molecule has 11 heteroatoms. The van der Waals surface area contributed by atoms with Gasteiger partial charge in [0.1, 0.15) is 18.9 Å². The predicted octanol–water partition coefficient (Wildman–Crippen LogP) is 3.75. The minimum absolute atomic E-state index is 0.0170. The van der Waals surface area contributed by atoms with Crippen LogP contribution in [0.4, 0.5) is 13.2 Å². The highest BCUT2D eigenvalue weighted by Gasteiger charge is 2.36. The van der Waals surface area contributed by atoms with Crippen LogP contribution in [0, 0.1) is 0 Å². The summed E-state index contributed by atoms with van der Waals surface area (Å²) in [6.07, 6.45) is 10.4. The maximum absolute atomic E-state index is 14.7. The third-order valence-electron chi connectivity index (χ3n) is 5.29. The van der Waals surface area contributed by atoms with Gasteiger partial charge in [0.05, 0.1) is 5.52 Å². The fourth-order valence-corrected chi connectivity index (χ4v) is 3.87. The van der Waals surface area contributed by atoms with Gasteiger partial charge in [-0.15, -0.1) is 0 Å². The van der Waals surface area contributed by atoms with Crippen molar-refractivity contribution in [2.24, 2.45) is 4.99 Å². The second kappa shape index (κ2) is 10.3. The van der Waals surface area contributed by atoms with Gasteiger partial charge in [0.2, 0.25) is 5.91 Å². The Morgan fingerprint density at radius 1 is 1.32 bits per heavy atom. The molecule has 2 aliphatic rings. The molecule has 2 aromatic rings. The van der Waals surface area contributed by atoms with Crippen LogP contribution in [0.5, 0.6) is 0 Å². The second-order valence-corrected chi connectivity index (χ2v) is 8.27. The molecule has 0 aromatic carbocycles. The zero-order valence-corrected chi connectivity index (χ0v) is 18.8. The Balaban J connectivity index is 1.44. The summed E-state index contributed by atoms with van der Waals surface area (Å²) in [7, 11) is 0. The van der Waals surface area contributed by atoms with Crippen LogP contribution in [-0.2, 0) is 11.3 Å². The van der Waals surface area contributed by atoms with E-state index in [-0.39, 0.29) is 36.9 Å². The van der Waals surface area contributed by atoms with Gasteiger partial charge >= 0.3 is 6.05 Å². The highest BCUT2D eigenvalue weighted by Crippen LogP contribution is 2.26. The molecule has 0 aliphatic carbocycles. The number of aromatic nitrogens is 2. The molecule has 1 amide bonds. The number of carbonyl (C=O) groups is 1. The largest absolute Gasteiger partial charge is 0.350 e. The number of amidine groups is 1. The number of nitrogens with zero attached hydrogens (tertiary/aromatic N) is 5. The Hall–Kier alpha value is -3.40. The number of allylic oxidation sites excluding steroid dienone is 3. The molecule has 7 nitrogen and oxygen atoms in total. The van der Waals surface area contributed by atoms with Crippen molar-refractivity contribution in [2.45, 2.75) is 25.2 Å². The summed E-state index contributed by atoms with van der Waals surface area (Å²) in [5, 5.41) is 3.72. The monoisotopic (exact) mass is 490 g/mol. The van der Waals surface area contributed by atoms with Crippen LogP contribution < -0.4 is 5.32 Å². The topological polar surface area (TPSA) is 73.7 Å². The average molecular weight is 491 g/mol. The van der Waals surface area contributed by atoms with Crippen LogP contribution in [0.15, 0.2) is 71.4 Å². The number of fused-ring (bicyclic) bond motifs is 1. The average Bonchev–Trinajstić information content (AvgIpc) is 2.82. The first-order valence-electron chi connectivity index (χ1n) is 10.6. The van der Waals surface area contributed by atoms with Crippen molar-refractivity contribution in [3.63, 3.8) is 0 Å². The van der Waals surface area contributed by atoms with E-state index in [1.165, 1.54) is 23.4 Å². The standard InChI is InChI=1S/C23H22ClF3N6O/c24-18-9-19(25)22(31-15-23(26,27)33-7-2-1-3-8-33)32(13-18)14-20(34)30-12-17-11-28-10-16-5-4-6-29-21(16)17/h1-7,10-11,13,19H,8-9,12,14-15H2,(H,30,34). The molecule has 0 radical (unpaired) electrons. The molecule has 0 spiro atoms. The number of pyridine rings is 2. The lowest BCUT2D eigenvalue weighted by molar-refractivity contribution is -0.121. The van der Waals surface area contributed by atoms with Gasteiger partial charge in [-0.05, 0) is 18.2 Å². The van der Waals surface area contributed by atoms with Crippen molar-refractivity contribution in [2.75, 3.05) is 19.6 Å². The lowest BCUT2D eigenvalue weighted by atomic mass is 10.1. The third kappa shape index (κ3) is 5.56. The minimum atomic E-state index is -3.32. The van der Waals surface area contributed by atoms with Crippen molar-refractivity contribution in [3.8, 4) is 0 Å². The number of hydrogen-bond acceptors (Lipinski definition) is 5. The molecule has 1 unspecified atom stereocenters. The van der Waals surface area contributed by atoms with Crippen molar-refractivity contribution in [1.82, 2.24) is 25.1 Å². The number of alkyl halides is 3. The Morgan fingerprint density at radius 2 is 2.18 bits per heavy atom. The molecule has 4 rings (SSSR count). The van der Waals surface area contributed by atoms with Crippen molar-refractivity contribution >= 4 is 34.2 Å². The van der Waals surface area contributed by atoms with Gasteiger partial charge in [0.25, 0.3) is 0 Å². The van der Waals surface area contributed by atoms with Crippen molar-refractivity contribution < 1.29 is 18.0 Å². The molecule has 0 bridgehead atoms. The van der Waals surface area contributed by atoms with Gasteiger partial charge in [-0.3, -0.25) is 19.8 Å². The van der Waals surface area contributed by atoms with Crippen LogP contribution in [-0.4, -0.2) is 63.4 Å². The highest BCUT2D eigenvalue weighted by atomic mass is 35.5. The smallest absolute Gasteiger partial charge is 0.344 e. The Kier molecular flexibility index (Phi) is 7.16. The molecule has 2 aromatic heterocycles. The summed E-state index contributed by atoms with van der Waals surface area (Å²) in [5.41, 5.74) is 1.41. The SMILES string of the molecule is O=C(CN1C=C(Cl)CC(F)C1=NCC(F)(F)N1C=CC=CC1)NCc1cncc2cccnc12. The fourth-order valence-electron chi connectivity index (χ4n) is 3.62. The van der Waals surface area contributed by atoms with Crippen molar-refractivity contribution in [1.29, 1.82) is 0 Å². The van der Waals surface area contributed by atoms with E-state index in [1.54, 1.807) is 36.8 Å². The van der Waals surface area contributed by atoms with E-state index in [1.807, 2.05) is 6.07 Å². The summed E-state index contributed by atoms with van der Waals surface area (Å²) < 4.78 is 43.8. The Morgan fingerprint density at radius 3 is 2.97 bits per heavy atom. The van der Waals surface area contributed by atoms with E-state index in [2.05, 4.69) is 20.3 Å². The third-order valence-corrected chi connectivity index (χ3v) is 5.54. The summed E-state index contributed by atoms with van der Waals surface area (Å²) >= 11 is 6.01. The fraction of sp³-hybridized carbons (Fsp3) is 0.304. The van der Waals surface area contributed by atoms with Crippen LogP contribution in [0.3, 0.4) is 0 Å². The molecule has 34 heavy (non-hydrogen) atoms. The molecule has 1 atom stereocenters. The van der Waals surface area contributed by atoms with Gasteiger partial charge < -0.3 is 15.1 Å². The van der Waals surface area contributed by atoms with E-state index < -0.39 is 24.7 Å². The van der Waals surface area contributed by atoms with Crippen LogP contribution in [0.1, 0.15) is 12.0 Å². The molecule has 0 saturated heterocycles. The van der Waals surface area contributed by atoms with Crippen molar-refractivity contribution in [3.05, 3.63) is 71.9 Å². The molecule has 2 aliphatic heterocycles. The normalized spacial score (nSPS) is 19.6. The van der Waals surface area contributed by atoms with E-state index >= 15 is 0 Å². The zero-order valence-electron chi connectivity index (χ0n) is 18.0. The van der Waals surface area contributed by atoms with Gasteiger partial charge in [-0.25, -0.2) is 4.39 Å². The highest BCUT2D eigenvalue weighted by molar-refractivity contribution is 6.30. The van der Waals surface area contributed by atoms with E-state index in [4.69, 9.17) is 11.6 Å². The zero-order chi connectivity index (χ0) is 24.1. The first kappa shape index (κ1) is 23.7. The van der Waals surface area contributed by atoms with E-state index in [0.717, 1.165) is 10.3 Å². The summed E-state index contributed by atoms with van der Waals surface area (Å²) in [6, 6.07) is 0.327. The van der Waals surface area contributed by atoms with Crippen LogP contribution >= 0.6 is 11.6 Å². The Labute approximate surface area is 199 Å². The number of amides is 1. The van der Waals surface area contributed by atoms with Gasteiger partial charge in [0.15, 0.2) is 6.17 Å². The first-order chi connectivity index (χ1) is 16.3. The number of rotatable bonds is 7. The van der Waals surface area contributed by atoms with Crippen LogP contribution in [0.2, 0.25) is 0 Å². The molecular formula is C23H22ClF3N6O. The number of hydrogen-bond donors (Lipinski definition) is 1. The predicted molar refractivity (Wildman–Crippen MR) is 124 cm³/mol. The summed E-state index contributed by atoms with van der Waals surface area (Å²) in [4.78, 5) is 26.9. The number of nitrogens with one attached hydrogen (secondary N) is 1. The number of aliphatic imine (C=N–C) groups is 1. The van der Waals surface area contributed by atoms with Crippen LogP contribution in [0.25, 0.3) is 10.9 Å². The van der Waals surface area contributed by atoms with Gasteiger partial charge in [0, 0.05) is 66.5 Å². The quantitative estimate of drug-likeness (QED) is 0.598. The molecule has 4 heterocycles. The molecule has 178 valence electrons. The molecule has 0 fully saturated rings. The van der Waals surface area contributed by atoms with E-state index in [0.29, 0.717) is 11.1 Å². The van der Waals surface area contributed by atoms with Gasteiger partial charge in [-0.1, -0.05) is 23.8 Å². The Bertz CT molecular complexity index is 1180. The lowest BCUT2D eigenvalue weighted by Gasteiger charge is -2.31. The second-order valence-electron chi connectivity index (χ2n) is 7.79. The maximum Gasteiger partial charge on any atom is 0.344 e. The molecule has 0 saturated carbocycles. The minimum Gasteiger partial charge on any atom is -0.350 e. The molecular weight excluding hydrogens is 469 g/mol. The van der Waals surface area contributed by atoms with E-state index in [9.17, 15) is 18.0 Å². The van der Waals surface area contributed by atoms with Gasteiger partial charge in [-0.2, -0.15) is 8.78 Å². The molecule has 1 N–H and O–H groups in total. The number of carbonyl (C=O) groups excluding carboxylic acids is 1. The first-order valence-corrected chi connectivity index (χ1v) is 10.9. The summed E-state index contributed by atoms with van der Waals surface area (Å²) in [6.45, 7) is -1.14. The maximum atomic E-state index is 14.7. The lowest BCUT2D eigenvalue weighted by Crippen LogP contribution is -2.45. The summed E-state index contributed by atoms with van der Waals surface area (Å²) in [5.74, 6) is -0.726. The number of halogens is 4.